The van der Waals surface area contributed by atoms with Crippen LogP contribution in [0.15, 0.2) is 47.6 Å². The van der Waals surface area contributed by atoms with Crippen molar-refractivity contribution in [3.63, 3.8) is 0 Å². The average Bonchev–Trinajstić information content (AvgIpc) is 3.23. The predicted molar refractivity (Wildman–Crippen MR) is 111 cm³/mol. The second-order valence-corrected chi connectivity index (χ2v) is 6.85. The number of rotatable bonds is 8. The van der Waals surface area contributed by atoms with E-state index in [9.17, 15) is 9.18 Å². The predicted octanol–water partition coefficient (Wildman–Crippen LogP) is 3.57. The van der Waals surface area contributed by atoms with E-state index in [2.05, 4.69) is 10.5 Å². The second-order valence-electron chi connectivity index (χ2n) is 6.85. The van der Waals surface area contributed by atoms with Gasteiger partial charge in [-0.1, -0.05) is 23.4 Å². The van der Waals surface area contributed by atoms with Crippen molar-refractivity contribution in [2.45, 2.75) is 26.0 Å². The Morgan fingerprint density at radius 3 is 2.70 bits per heavy atom. The normalized spacial score (nSPS) is 15.2. The van der Waals surface area contributed by atoms with Crippen LogP contribution in [0, 0.1) is 5.82 Å². The van der Waals surface area contributed by atoms with E-state index < -0.39 is 0 Å². The summed E-state index contributed by atoms with van der Waals surface area (Å²) in [7, 11) is 3.15. The first-order valence-electron chi connectivity index (χ1n) is 9.77. The summed E-state index contributed by atoms with van der Waals surface area (Å²) < 4.78 is 24.7. The Kier molecular flexibility index (Phi) is 7.11. The molecule has 0 radical (unpaired) electrons. The molecule has 0 aromatic heterocycles. The summed E-state index contributed by atoms with van der Waals surface area (Å²) in [5.74, 6) is 0.885. The highest BCUT2D eigenvalue weighted by Gasteiger charge is 2.27. The topological polar surface area (TPSA) is 72.4 Å². The summed E-state index contributed by atoms with van der Waals surface area (Å²) in [6.45, 7) is 2.74. The van der Waals surface area contributed by atoms with E-state index in [1.807, 2.05) is 25.1 Å². The molecule has 2 amide bonds. The number of urea groups is 1. The van der Waals surface area contributed by atoms with Gasteiger partial charge in [0, 0.05) is 24.1 Å². The zero-order chi connectivity index (χ0) is 21.5. The van der Waals surface area contributed by atoms with Crippen molar-refractivity contribution in [2.24, 2.45) is 5.16 Å². The maximum absolute atomic E-state index is 14.1. The molecule has 0 bridgehead atoms. The number of amides is 2. The molecule has 1 aliphatic heterocycles. The smallest absolute Gasteiger partial charge is 0.317 e. The number of nitrogens with zero attached hydrogens (tertiary/aromatic N) is 2. The molecule has 1 unspecified atom stereocenters. The highest BCUT2D eigenvalue weighted by Crippen LogP contribution is 2.29. The number of ether oxygens (including phenoxy) is 2. The first kappa shape index (κ1) is 21.4. The monoisotopic (exact) mass is 415 g/mol. The second kappa shape index (κ2) is 9.96. The fraction of sp³-hybridized carbons (Fsp3) is 0.364. The summed E-state index contributed by atoms with van der Waals surface area (Å²) in [6, 6.07) is 11.7. The van der Waals surface area contributed by atoms with Crippen LogP contribution in [0.4, 0.5) is 9.18 Å². The van der Waals surface area contributed by atoms with Crippen molar-refractivity contribution in [2.75, 3.05) is 27.3 Å². The molecule has 1 N–H and O–H groups in total. The van der Waals surface area contributed by atoms with Crippen molar-refractivity contribution in [3.05, 3.63) is 59.4 Å². The van der Waals surface area contributed by atoms with E-state index in [4.69, 9.17) is 14.3 Å². The van der Waals surface area contributed by atoms with Crippen LogP contribution in [0.2, 0.25) is 0 Å². The number of carbonyl (C=O) groups excluding carboxylic acids is 1. The van der Waals surface area contributed by atoms with Gasteiger partial charge in [-0.2, -0.15) is 0 Å². The van der Waals surface area contributed by atoms with Gasteiger partial charge in [-0.05, 0) is 31.2 Å². The highest BCUT2D eigenvalue weighted by molar-refractivity contribution is 6.01. The summed E-state index contributed by atoms with van der Waals surface area (Å²) in [5, 5.41) is 6.96. The zero-order valence-corrected chi connectivity index (χ0v) is 17.4. The maximum Gasteiger partial charge on any atom is 0.317 e. The average molecular weight is 415 g/mol. The Balaban J connectivity index is 1.69. The molecule has 8 heteroatoms. The third-order valence-corrected chi connectivity index (χ3v) is 4.81. The molecule has 0 aliphatic carbocycles. The van der Waals surface area contributed by atoms with Crippen molar-refractivity contribution in [3.8, 4) is 11.5 Å². The van der Waals surface area contributed by atoms with E-state index in [-0.39, 0.29) is 31.0 Å². The molecule has 1 atom stereocenters. The Morgan fingerprint density at radius 1 is 1.23 bits per heavy atom. The van der Waals surface area contributed by atoms with E-state index in [1.54, 1.807) is 37.3 Å². The third-order valence-electron chi connectivity index (χ3n) is 4.81. The maximum atomic E-state index is 14.1. The quantitative estimate of drug-likeness (QED) is 0.716. The van der Waals surface area contributed by atoms with E-state index in [1.165, 1.54) is 6.07 Å². The fourth-order valence-corrected chi connectivity index (χ4v) is 3.27. The van der Waals surface area contributed by atoms with Gasteiger partial charge in [0.15, 0.2) is 17.6 Å². The molecule has 0 fully saturated rings. The number of benzene rings is 2. The largest absolute Gasteiger partial charge is 0.493 e. The lowest BCUT2D eigenvalue weighted by molar-refractivity contribution is 0.0588. The van der Waals surface area contributed by atoms with Gasteiger partial charge >= 0.3 is 6.03 Å². The number of nitrogens with one attached hydrogen (secondary N) is 1. The number of oxime groups is 1. The lowest BCUT2D eigenvalue weighted by Crippen LogP contribution is -2.43. The molecule has 0 saturated heterocycles. The third kappa shape index (κ3) is 5.00. The van der Waals surface area contributed by atoms with Crippen LogP contribution in [0.5, 0.6) is 11.5 Å². The van der Waals surface area contributed by atoms with Gasteiger partial charge in [-0.3, -0.25) is 0 Å². The van der Waals surface area contributed by atoms with Crippen molar-refractivity contribution in [1.82, 2.24) is 10.2 Å². The van der Waals surface area contributed by atoms with Crippen LogP contribution in [0.25, 0.3) is 0 Å². The molecule has 2 aromatic rings. The van der Waals surface area contributed by atoms with Gasteiger partial charge < -0.3 is 24.5 Å². The lowest BCUT2D eigenvalue weighted by Gasteiger charge is -2.25. The summed E-state index contributed by atoms with van der Waals surface area (Å²) in [5.41, 5.74) is 2.05. The SMILES string of the molecule is CCNC(=O)N(Cc1ccccc1F)CC1CC(c2ccc(OC)c(OC)c2)=NO1. The van der Waals surface area contributed by atoms with Crippen molar-refractivity contribution >= 4 is 11.7 Å². The number of hydrogen-bond donors (Lipinski definition) is 1. The molecule has 0 saturated carbocycles. The minimum Gasteiger partial charge on any atom is -0.493 e. The van der Waals surface area contributed by atoms with Crippen LogP contribution in [0.3, 0.4) is 0 Å². The Labute approximate surface area is 175 Å². The van der Waals surface area contributed by atoms with Crippen LogP contribution in [-0.4, -0.2) is 50.1 Å². The highest BCUT2D eigenvalue weighted by atomic mass is 19.1. The minimum absolute atomic E-state index is 0.143. The molecule has 2 aromatic carbocycles. The molecular formula is C22H26FN3O4. The molecule has 3 rings (SSSR count). The van der Waals surface area contributed by atoms with Crippen LogP contribution < -0.4 is 14.8 Å². The van der Waals surface area contributed by atoms with Gasteiger partial charge in [0.25, 0.3) is 0 Å². The van der Waals surface area contributed by atoms with Crippen LogP contribution in [0.1, 0.15) is 24.5 Å². The van der Waals surface area contributed by atoms with Crippen molar-refractivity contribution in [1.29, 1.82) is 0 Å². The Bertz CT molecular complexity index is 919. The van der Waals surface area contributed by atoms with E-state index >= 15 is 0 Å². The van der Waals surface area contributed by atoms with Gasteiger partial charge in [0.1, 0.15) is 5.82 Å². The molecule has 30 heavy (non-hydrogen) atoms. The minimum atomic E-state index is -0.346. The molecule has 7 nitrogen and oxygen atoms in total. The first-order chi connectivity index (χ1) is 14.5. The first-order valence-corrected chi connectivity index (χ1v) is 9.77. The lowest BCUT2D eigenvalue weighted by atomic mass is 10.0. The van der Waals surface area contributed by atoms with E-state index in [0.717, 1.165) is 11.3 Å². The molecular weight excluding hydrogens is 389 g/mol. The number of hydrogen-bond acceptors (Lipinski definition) is 5. The number of carbonyl (C=O) groups is 1. The van der Waals surface area contributed by atoms with Gasteiger partial charge in [-0.25, -0.2) is 9.18 Å². The standard InChI is InChI=1S/C22H26FN3O4/c1-4-24-22(27)26(13-16-7-5-6-8-18(16)23)14-17-12-19(25-30-17)15-9-10-20(28-2)21(11-15)29-3/h5-11,17H,4,12-14H2,1-3H3,(H,24,27). The van der Waals surface area contributed by atoms with Crippen molar-refractivity contribution < 1.29 is 23.5 Å². The molecule has 1 aliphatic rings. The molecule has 160 valence electrons. The fourth-order valence-electron chi connectivity index (χ4n) is 3.27. The molecule has 1 heterocycles. The van der Waals surface area contributed by atoms with E-state index in [0.29, 0.717) is 30.0 Å². The Morgan fingerprint density at radius 2 is 2.00 bits per heavy atom. The zero-order valence-electron chi connectivity index (χ0n) is 17.4. The summed E-state index contributed by atoms with van der Waals surface area (Å²) in [4.78, 5) is 19.6. The van der Waals surface area contributed by atoms with Gasteiger partial charge in [-0.15, -0.1) is 0 Å². The summed E-state index contributed by atoms with van der Waals surface area (Å²) >= 11 is 0. The number of halogens is 1. The summed E-state index contributed by atoms with van der Waals surface area (Å²) in [6.07, 6.45) is 0.185. The molecule has 0 spiro atoms. The number of methoxy groups -OCH3 is 2. The van der Waals surface area contributed by atoms with Gasteiger partial charge in [0.05, 0.1) is 33.0 Å². The Hall–Kier alpha value is -3.29. The van der Waals surface area contributed by atoms with Gasteiger partial charge in [0.2, 0.25) is 0 Å². The van der Waals surface area contributed by atoms with Crippen LogP contribution >= 0.6 is 0 Å². The van der Waals surface area contributed by atoms with Crippen LogP contribution in [-0.2, 0) is 11.4 Å².